The summed E-state index contributed by atoms with van der Waals surface area (Å²) < 4.78 is 25.7. The number of benzene rings is 1. The van der Waals surface area contributed by atoms with Crippen molar-refractivity contribution < 1.29 is 8.42 Å². The van der Waals surface area contributed by atoms with Crippen LogP contribution in [0.3, 0.4) is 0 Å². The molecule has 0 aromatic heterocycles. The lowest BCUT2D eigenvalue weighted by Gasteiger charge is -2.11. The average molecular weight is 514 g/mol. The van der Waals surface area contributed by atoms with Gasteiger partial charge < -0.3 is 10.6 Å². The number of halogens is 1. The highest BCUT2D eigenvalue weighted by Crippen LogP contribution is 2.09. The molecule has 6 nitrogen and oxygen atoms in total. The predicted octanol–water partition coefficient (Wildman–Crippen LogP) is 2.55. The molecule has 0 radical (unpaired) electrons. The molecular formula is C17H31IN4O2S2. The van der Waals surface area contributed by atoms with Crippen molar-refractivity contribution in [1.29, 1.82) is 0 Å². The molecule has 26 heavy (non-hydrogen) atoms. The number of hydrogen-bond acceptors (Lipinski definition) is 4. The van der Waals surface area contributed by atoms with Crippen molar-refractivity contribution in [2.24, 2.45) is 4.99 Å². The molecule has 0 aliphatic rings. The molecular weight excluding hydrogens is 483 g/mol. The standard InChI is InChI=1S/C17H30N4O2S2.HI/c1-4-19-17(20-10-5-6-11-24-3)21-13-15-8-7-9-16(12-15)14-25(22,23)18-2;/h7-9,12,18H,4-6,10-11,13-14H2,1-3H3,(H2,19,20,21);1H. The van der Waals surface area contributed by atoms with Gasteiger partial charge in [0, 0.05) is 13.1 Å². The van der Waals surface area contributed by atoms with E-state index in [1.165, 1.54) is 19.2 Å². The SMILES string of the molecule is CCNC(=NCc1cccc(CS(=O)(=O)NC)c1)NCCCCSC.I. The summed E-state index contributed by atoms with van der Waals surface area (Å²) in [5.41, 5.74) is 1.75. The highest BCUT2D eigenvalue weighted by atomic mass is 127. The fraction of sp³-hybridized carbons (Fsp3) is 0.588. The average Bonchev–Trinajstić information content (AvgIpc) is 2.59. The summed E-state index contributed by atoms with van der Waals surface area (Å²) in [7, 11) is -1.83. The van der Waals surface area contributed by atoms with E-state index >= 15 is 0 Å². The molecule has 3 N–H and O–H groups in total. The normalized spacial score (nSPS) is 11.7. The maximum absolute atomic E-state index is 11.7. The first-order chi connectivity index (χ1) is 12.0. The third-order valence-corrected chi connectivity index (χ3v) is 5.52. The number of rotatable bonds is 11. The van der Waals surface area contributed by atoms with E-state index in [9.17, 15) is 8.42 Å². The Bertz CT molecular complexity index is 639. The molecule has 0 atom stereocenters. The van der Waals surface area contributed by atoms with Crippen molar-refractivity contribution in [3.8, 4) is 0 Å². The summed E-state index contributed by atoms with van der Waals surface area (Å²) in [6.45, 7) is 4.24. The molecule has 0 bridgehead atoms. The third kappa shape index (κ3) is 11.2. The quantitative estimate of drug-likeness (QED) is 0.183. The molecule has 1 aromatic rings. The van der Waals surface area contributed by atoms with Gasteiger partial charge in [0.05, 0.1) is 12.3 Å². The van der Waals surface area contributed by atoms with Gasteiger partial charge in [-0.3, -0.25) is 0 Å². The minimum atomic E-state index is -3.26. The Morgan fingerprint density at radius 1 is 1.19 bits per heavy atom. The molecule has 0 amide bonds. The third-order valence-electron chi connectivity index (χ3n) is 3.49. The Morgan fingerprint density at radius 3 is 2.58 bits per heavy atom. The van der Waals surface area contributed by atoms with E-state index < -0.39 is 10.0 Å². The fourth-order valence-corrected chi connectivity index (χ4v) is 3.46. The number of aliphatic imine (C=N–C) groups is 1. The highest BCUT2D eigenvalue weighted by Gasteiger charge is 2.08. The van der Waals surface area contributed by atoms with Crippen LogP contribution in [0.2, 0.25) is 0 Å². The van der Waals surface area contributed by atoms with Crippen molar-refractivity contribution in [3.05, 3.63) is 35.4 Å². The van der Waals surface area contributed by atoms with E-state index in [0.29, 0.717) is 6.54 Å². The Labute approximate surface area is 179 Å². The Morgan fingerprint density at radius 2 is 1.92 bits per heavy atom. The summed E-state index contributed by atoms with van der Waals surface area (Å²) in [6.07, 6.45) is 4.42. The zero-order valence-electron chi connectivity index (χ0n) is 15.7. The minimum Gasteiger partial charge on any atom is -0.357 e. The second-order valence-electron chi connectivity index (χ2n) is 5.61. The molecule has 0 fully saturated rings. The molecule has 1 rings (SSSR count). The molecule has 150 valence electrons. The Hall–Kier alpha value is -0.520. The van der Waals surface area contributed by atoms with Gasteiger partial charge in [0.2, 0.25) is 10.0 Å². The summed E-state index contributed by atoms with van der Waals surface area (Å²) in [5.74, 6) is 1.95. The van der Waals surface area contributed by atoms with E-state index in [1.807, 2.05) is 43.0 Å². The zero-order chi connectivity index (χ0) is 18.5. The predicted molar refractivity (Wildman–Crippen MR) is 124 cm³/mol. The molecule has 0 spiro atoms. The summed E-state index contributed by atoms with van der Waals surface area (Å²) >= 11 is 1.86. The number of nitrogens with zero attached hydrogens (tertiary/aromatic N) is 1. The van der Waals surface area contributed by atoms with Crippen LogP contribution >= 0.6 is 35.7 Å². The molecule has 0 saturated heterocycles. The number of thioether (sulfide) groups is 1. The van der Waals surface area contributed by atoms with Crippen molar-refractivity contribution >= 4 is 51.7 Å². The van der Waals surface area contributed by atoms with Gasteiger partial charge in [0.25, 0.3) is 0 Å². The molecule has 0 heterocycles. The first-order valence-corrected chi connectivity index (χ1v) is 11.6. The molecule has 0 aliphatic heterocycles. The van der Waals surface area contributed by atoms with Gasteiger partial charge in [-0.15, -0.1) is 24.0 Å². The maximum atomic E-state index is 11.7. The first kappa shape index (κ1) is 25.5. The fourth-order valence-electron chi connectivity index (χ4n) is 2.20. The van der Waals surface area contributed by atoms with E-state index in [1.54, 1.807) is 0 Å². The van der Waals surface area contributed by atoms with Crippen molar-refractivity contribution in [2.75, 3.05) is 32.1 Å². The van der Waals surface area contributed by atoms with Crippen LogP contribution in [0, 0.1) is 0 Å². The molecule has 0 unspecified atom stereocenters. The van der Waals surface area contributed by atoms with Crippen molar-refractivity contribution in [2.45, 2.75) is 32.1 Å². The van der Waals surface area contributed by atoms with Crippen LogP contribution in [0.15, 0.2) is 29.3 Å². The monoisotopic (exact) mass is 514 g/mol. The summed E-state index contributed by atoms with van der Waals surface area (Å²) in [4.78, 5) is 4.58. The smallest absolute Gasteiger partial charge is 0.215 e. The van der Waals surface area contributed by atoms with Crippen LogP contribution < -0.4 is 15.4 Å². The largest absolute Gasteiger partial charge is 0.357 e. The lowest BCUT2D eigenvalue weighted by Crippen LogP contribution is -2.37. The van der Waals surface area contributed by atoms with Crippen LogP contribution in [0.5, 0.6) is 0 Å². The number of guanidine groups is 1. The summed E-state index contributed by atoms with van der Waals surface area (Å²) in [5, 5.41) is 6.57. The van der Waals surface area contributed by atoms with Gasteiger partial charge in [-0.2, -0.15) is 11.8 Å². The zero-order valence-corrected chi connectivity index (χ0v) is 19.7. The van der Waals surface area contributed by atoms with Gasteiger partial charge in [-0.1, -0.05) is 24.3 Å². The van der Waals surface area contributed by atoms with Gasteiger partial charge in [0.15, 0.2) is 5.96 Å². The number of unbranched alkanes of at least 4 members (excludes halogenated alkanes) is 1. The number of sulfonamides is 1. The van der Waals surface area contributed by atoms with Gasteiger partial charge in [0.1, 0.15) is 0 Å². The van der Waals surface area contributed by atoms with Gasteiger partial charge in [-0.25, -0.2) is 18.1 Å². The maximum Gasteiger partial charge on any atom is 0.215 e. The second kappa shape index (κ2) is 14.5. The van der Waals surface area contributed by atoms with Gasteiger partial charge in [-0.05, 0) is 49.9 Å². The van der Waals surface area contributed by atoms with E-state index in [-0.39, 0.29) is 29.7 Å². The number of hydrogen-bond donors (Lipinski definition) is 3. The Balaban J connectivity index is 0.00000625. The Kier molecular flexibility index (Phi) is 14.2. The lowest BCUT2D eigenvalue weighted by atomic mass is 10.1. The van der Waals surface area contributed by atoms with Crippen LogP contribution in [0.1, 0.15) is 30.9 Å². The number of nitrogens with one attached hydrogen (secondary N) is 3. The second-order valence-corrected chi connectivity index (χ2v) is 8.52. The minimum absolute atomic E-state index is 0. The van der Waals surface area contributed by atoms with Crippen LogP contribution in [0.25, 0.3) is 0 Å². The van der Waals surface area contributed by atoms with Crippen LogP contribution in [-0.4, -0.2) is 46.5 Å². The molecule has 1 aromatic carbocycles. The lowest BCUT2D eigenvalue weighted by molar-refractivity contribution is 0.587. The molecule has 0 aliphatic carbocycles. The summed E-state index contributed by atoms with van der Waals surface area (Å²) in [6, 6.07) is 7.53. The van der Waals surface area contributed by atoms with E-state index in [2.05, 4.69) is 26.6 Å². The highest BCUT2D eigenvalue weighted by molar-refractivity contribution is 14.0. The van der Waals surface area contributed by atoms with E-state index in [0.717, 1.165) is 36.6 Å². The van der Waals surface area contributed by atoms with Gasteiger partial charge >= 0.3 is 0 Å². The molecule has 9 heteroatoms. The topological polar surface area (TPSA) is 82.6 Å². The van der Waals surface area contributed by atoms with Crippen molar-refractivity contribution in [3.63, 3.8) is 0 Å². The van der Waals surface area contributed by atoms with Crippen LogP contribution in [0.4, 0.5) is 0 Å². The first-order valence-electron chi connectivity index (χ1n) is 8.51. The van der Waals surface area contributed by atoms with Crippen LogP contribution in [-0.2, 0) is 22.3 Å². The van der Waals surface area contributed by atoms with E-state index in [4.69, 9.17) is 0 Å². The molecule has 0 saturated carbocycles. The van der Waals surface area contributed by atoms with Crippen molar-refractivity contribution in [1.82, 2.24) is 15.4 Å².